The highest BCUT2D eigenvalue weighted by Crippen LogP contribution is 2.32. The first-order valence-corrected chi connectivity index (χ1v) is 6.37. The van der Waals surface area contributed by atoms with E-state index in [-0.39, 0.29) is 5.12 Å². The van der Waals surface area contributed by atoms with Crippen molar-refractivity contribution in [3.8, 4) is 5.75 Å². The summed E-state index contributed by atoms with van der Waals surface area (Å²) in [5.74, 6) is 0.722. The van der Waals surface area contributed by atoms with E-state index in [0.29, 0.717) is 5.56 Å². The Morgan fingerprint density at radius 2 is 2.19 bits per heavy atom. The first-order chi connectivity index (χ1) is 7.63. The Kier molecular flexibility index (Phi) is 4.68. The van der Waals surface area contributed by atoms with Gasteiger partial charge in [0.05, 0.1) is 18.4 Å². The number of carbonyl (C=O) groups is 1. The molecular formula is C12H17NO2S. The Balaban J connectivity index is 3.31. The van der Waals surface area contributed by atoms with Crippen molar-refractivity contribution in [2.75, 3.05) is 25.2 Å². The van der Waals surface area contributed by atoms with Gasteiger partial charge in [0.15, 0.2) is 0 Å². The van der Waals surface area contributed by atoms with E-state index in [1.165, 1.54) is 11.8 Å². The van der Waals surface area contributed by atoms with Crippen molar-refractivity contribution in [1.29, 1.82) is 0 Å². The molecule has 0 saturated carbocycles. The minimum atomic E-state index is 0.0537. The number of aryl methyl sites for hydroxylation is 1. The van der Waals surface area contributed by atoms with E-state index in [2.05, 4.69) is 5.32 Å². The van der Waals surface area contributed by atoms with Gasteiger partial charge in [-0.15, -0.1) is 0 Å². The maximum absolute atomic E-state index is 11.8. The summed E-state index contributed by atoms with van der Waals surface area (Å²) in [6, 6.07) is 3.81. The molecule has 0 unspecified atom stereocenters. The van der Waals surface area contributed by atoms with E-state index >= 15 is 0 Å². The third-order valence-electron chi connectivity index (χ3n) is 2.23. The molecule has 88 valence electrons. The van der Waals surface area contributed by atoms with E-state index in [1.807, 2.05) is 26.0 Å². The number of thioether (sulfide) groups is 1. The molecular weight excluding hydrogens is 222 g/mol. The summed E-state index contributed by atoms with van der Waals surface area (Å²) in [7, 11) is 1.61. The van der Waals surface area contributed by atoms with E-state index in [4.69, 9.17) is 4.74 Å². The Hall–Kier alpha value is -1.16. The van der Waals surface area contributed by atoms with Gasteiger partial charge in [0.1, 0.15) is 5.75 Å². The summed E-state index contributed by atoms with van der Waals surface area (Å²) in [4.78, 5) is 11.8. The van der Waals surface area contributed by atoms with Gasteiger partial charge in [0.25, 0.3) is 0 Å². The third kappa shape index (κ3) is 2.70. The molecule has 0 amide bonds. The van der Waals surface area contributed by atoms with Gasteiger partial charge in [-0.2, -0.15) is 0 Å². The predicted octanol–water partition coefficient (Wildman–Crippen LogP) is 2.94. The lowest BCUT2D eigenvalue weighted by Crippen LogP contribution is -2.06. The van der Waals surface area contributed by atoms with Crippen molar-refractivity contribution in [1.82, 2.24) is 0 Å². The van der Waals surface area contributed by atoms with Gasteiger partial charge < -0.3 is 10.1 Å². The molecule has 1 rings (SSSR count). The van der Waals surface area contributed by atoms with Gasteiger partial charge in [-0.25, -0.2) is 0 Å². The smallest absolute Gasteiger partial charge is 0.221 e. The molecule has 0 saturated heterocycles. The molecule has 0 heterocycles. The van der Waals surface area contributed by atoms with Crippen LogP contribution in [0.2, 0.25) is 0 Å². The van der Waals surface area contributed by atoms with Crippen LogP contribution < -0.4 is 10.1 Å². The SMILES string of the molecule is CCNc1c(OC)cc(C)cc1C(=O)SC. The lowest BCUT2D eigenvalue weighted by atomic mass is 10.1. The summed E-state index contributed by atoms with van der Waals surface area (Å²) < 4.78 is 5.29. The zero-order chi connectivity index (χ0) is 12.1. The molecule has 0 aliphatic carbocycles. The molecule has 0 fully saturated rings. The van der Waals surface area contributed by atoms with Gasteiger partial charge in [0, 0.05) is 6.54 Å². The number of hydrogen-bond donors (Lipinski definition) is 1. The quantitative estimate of drug-likeness (QED) is 0.876. The van der Waals surface area contributed by atoms with Crippen LogP contribution in [-0.2, 0) is 0 Å². The molecule has 4 heteroatoms. The van der Waals surface area contributed by atoms with Gasteiger partial charge in [-0.3, -0.25) is 4.79 Å². The fourth-order valence-electron chi connectivity index (χ4n) is 1.54. The van der Waals surface area contributed by atoms with Crippen LogP contribution >= 0.6 is 11.8 Å². The minimum Gasteiger partial charge on any atom is -0.495 e. The van der Waals surface area contributed by atoms with Gasteiger partial charge in [0.2, 0.25) is 5.12 Å². The first-order valence-electron chi connectivity index (χ1n) is 5.14. The Labute approximate surface area is 101 Å². The number of methoxy groups -OCH3 is 1. The summed E-state index contributed by atoms with van der Waals surface area (Å²) in [6.45, 7) is 4.70. The minimum absolute atomic E-state index is 0.0537. The van der Waals surface area contributed by atoms with Crippen LogP contribution in [0.3, 0.4) is 0 Å². The van der Waals surface area contributed by atoms with Crippen LogP contribution in [0.25, 0.3) is 0 Å². The number of ether oxygens (including phenoxy) is 1. The second kappa shape index (κ2) is 5.80. The molecule has 0 aliphatic rings. The topological polar surface area (TPSA) is 38.3 Å². The van der Waals surface area contributed by atoms with Crippen molar-refractivity contribution in [3.63, 3.8) is 0 Å². The second-order valence-electron chi connectivity index (χ2n) is 3.41. The molecule has 3 nitrogen and oxygen atoms in total. The van der Waals surface area contributed by atoms with Crippen molar-refractivity contribution >= 4 is 22.6 Å². The molecule has 1 N–H and O–H groups in total. The fourth-order valence-corrected chi connectivity index (χ4v) is 1.93. The van der Waals surface area contributed by atoms with Crippen LogP contribution in [-0.4, -0.2) is 25.0 Å². The van der Waals surface area contributed by atoms with Crippen molar-refractivity contribution in [2.45, 2.75) is 13.8 Å². The van der Waals surface area contributed by atoms with Gasteiger partial charge >= 0.3 is 0 Å². The number of rotatable bonds is 4. The number of nitrogens with one attached hydrogen (secondary N) is 1. The largest absolute Gasteiger partial charge is 0.495 e. The summed E-state index contributed by atoms with van der Waals surface area (Å²) in [5.41, 5.74) is 2.50. The van der Waals surface area contributed by atoms with Crippen LogP contribution in [0.5, 0.6) is 5.75 Å². The predicted molar refractivity (Wildman–Crippen MR) is 69.7 cm³/mol. The highest BCUT2D eigenvalue weighted by molar-refractivity contribution is 8.13. The lowest BCUT2D eigenvalue weighted by molar-refractivity contribution is 0.108. The Morgan fingerprint density at radius 3 is 2.69 bits per heavy atom. The molecule has 0 atom stereocenters. The van der Waals surface area contributed by atoms with Crippen molar-refractivity contribution in [3.05, 3.63) is 23.3 Å². The molecule has 1 aromatic carbocycles. The highest BCUT2D eigenvalue weighted by Gasteiger charge is 2.15. The summed E-state index contributed by atoms with van der Waals surface area (Å²) >= 11 is 1.21. The normalized spacial score (nSPS) is 10.0. The average molecular weight is 239 g/mol. The van der Waals surface area contributed by atoms with Crippen molar-refractivity contribution in [2.24, 2.45) is 0 Å². The van der Waals surface area contributed by atoms with Crippen molar-refractivity contribution < 1.29 is 9.53 Å². The average Bonchev–Trinajstić information content (AvgIpc) is 2.29. The molecule has 0 spiro atoms. The zero-order valence-electron chi connectivity index (χ0n) is 10.1. The molecule has 0 radical (unpaired) electrons. The van der Waals surface area contributed by atoms with Crippen LogP contribution in [0.15, 0.2) is 12.1 Å². The molecule has 16 heavy (non-hydrogen) atoms. The standard InChI is InChI=1S/C12H17NO2S/c1-5-13-11-9(12(14)16-4)6-8(2)7-10(11)15-3/h6-7,13H,5H2,1-4H3. The summed E-state index contributed by atoms with van der Waals surface area (Å²) in [5, 5.41) is 3.23. The number of anilines is 1. The monoisotopic (exact) mass is 239 g/mol. The fraction of sp³-hybridized carbons (Fsp3) is 0.417. The second-order valence-corrected chi connectivity index (χ2v) is 4.19. The number of benzene rings is 1. The Bertz CT molecular complexity index is 391. The van der Waals surface area contributed by atoms with Crippen LogP contribution in [0.4, 0.5) is 5.69 Å². The molecule has 0 aliphatic heterocycles. The first kappa shape index (κ1) is 12.9. The highest BCUT2D eigenvalue weighted by atomic mass is 32.2. The zero-order valence-corrected chi connectivity index (χ0v) is 10.9. The van der Waals surface area contributed by atoms with E-state index < -0.39 is 0 Å². The molecule has 0 bridgehead atoms. The van der Waals surface area contributed by atoms with Gasteiger partial charge in [-0.1, -0.05) is 11.8 Å². The number of hydrogen-bond acceptors (Lipinski definition) is 4. The van der Waals surface area contributed by atoms with Crippen LogP contribution in [0.1, 0.15) is 22.8 Å². The maximum Gasteiger partial charge on any atom is 0.221 e. The van der Waals surface area contributed by atoms with E-state index in [9.17, 15) is 4.79 Å². The molecule has 1 aromatic rings. The number of carbonyl (C=O) groups excluding carboxylic acids is 1. The Morgan fingerprint density at radius 1 is 1.50 bits per heavy atom. The van der Waals surface area contributed by atoms with E-state index in [1.54, 1.807) is 13.4 Å². The van der Waals surface area contributed by atoms with Gasteiger partial charge in [-0.05, 0) is 37.8 Å². The van der Waals surface area contributed by atoms with E-state index in [0.717, 1.165) is 23.5 Å². The summed E-state index contributed by atoms with van der Waals surface area (Å²) in [6.07, 6.45) is 1.78. The maximum atomic E-state index is 11.8. The van der Waals surface area contributed by atoms with Crippen LogP contribution in [0, 0.1) is 6.92 Å². The third-order valence-corrected chi connectivity index (χ3v) is 2.82. The lowest BCUT2D eigenvalue weighted by Gasteiger charge is -2.14. The molecule has 0 aromatic heterocycles.